The monoisotopic (exact) mass is 255 g/mol. The van der Waals surface area contributed by atoms with Gasteiger partial charge < -0.3 is 10.2 Å². The van der Waals surface area contributed by atoms with Crippen LogP contribution in [0.1, 0.15) is 15.9 Å². The zero-order valence-electron chi connectivity index (χ0n) is 11.3. The lowest BCUT2D eigenvalue weighted by Crippen LogP contribution is -2.26. The van der Waals surface area contributed by atoms with Gasteiger partial charge in [0.05, 0.1) is 0 Å². The number of benzene rings is 1. The number of rotatable bonds is 3. The van der Waals surface area contributed by atoms with E-state index in [4.69, 9.17) is 0 Å². The van der Waals surface area contributed by atoms with E-state index in [0.29, 0.717) is 5.56 Å². The van der Waals surface area contributed by atoms with Gasteiger partial charge in [-0.3, -0.25) is 9.78 Å². The molecule has 0 atom stereocenters. The lowest BCUT2D eigenvalue weighted by Gasteiger charge is -2.18. The fraction of sp³-hybridized carbons (Fsp3) is 0.200. The molecule has 0 saturated carbocycles. The molecule has 1 N–H and O–H groups in total. The van der Waals surface area contributed by atoms with Crippen LogP contribution in [0.5, 0.6) is 0 Å². The third-order valence-corrected chi connectivity index (χ3v) is 3.10. The van der Waals surface area contributed by atoms with E-state index in [2.05, 4.69) is 10.3 Å². The summed E-state index contributed by atoms with van der Waals surface area (Å²) in [5.74, 6) is -0.0219. The van der Waals surface area contributed by atoms with E-state index in [-0.39, 0.29) is 5.91 Å². The Balaban J connectivity index is 2.29. The van der Waals surface area contributed by atoms with Crippen molar-refractivity contribution in [1.82, 2.24) is 4.98 Å². The minimum Gasteiger partial charge on any atom is -0.388 e. The summed E-state index contributed by atoms with van der Waals surface area (Å²) in [5.41, 5.74) is 3.49. The molecular formula is C15H17N3O. The second kappa shape index (κ2) is 5.52. The predicted octanol–water partition coefficient (Wildman–Crippen LogP) is 2.71. The number of aromatic nitrogens is 1. The predicted molar refractivity (Wildman–Crippen MR) is 77.7 cm³/mol. The van der Waals surface area contributed by atoms with Crippen molar-refractivity contribution in [2.45, 2.75) is 6.92 Å². The molecule has 0 unspecified atom stereocenters. The van der Waals surface area contributed by atoms with Crippen molar-refractivity contribution in [1.29, 1.82) is 0 Å². The van der Waals surface area contributed by atoms with Crippen LogP contribution >= 0.6 is 0 Å². The number of aryl methyl sites for hydroxylation is 1. The molecule has 1 aromatic carbocycles. The summed E-state index contributed by atoms with van der Waals surface area (Å²) in [7, 11) is 3.63. The lowest BCUT2D eigenvalue weighted by molar-refractivity contribution is 0.0992. The van der Waals surface area contributed by atoms with E-state index in [1.165, 1.54) is 0 Å². The Bertz CT molecular complexity index is 581. The molecular weight excluding hydrogens is 238 g/mol. The first-order chi connectivity index (χ1) is 9.13. The first-order valence-corrected chi connectivity index (χ1v) is 6.10. The molecule has 98 valence electrons. The van der Waals surface area contributed by atoms with Crippen LogP contribution in [-0.4, -0.2) is 25.0 Å². The molecule has 0 bridgehead atoms. The Hall–Kier alpha value is -2.36. The molecule has 4 nitrogen and oxygen atoms in total. The van der Waals surface area contributed by atoms with Crippen molar-refractivity contribution in [3.05, 3.63) is 53.9 Å². The first-order valence-electron chi connectivity index (χ1n) is 6.10. The Labute approximate surface area is 113 Å². The van der Waals surface area contributed by atoms with Crippen molar-refractivity contribution in [3.63, 3.8) is 0 Å². The highest BCUT2D eigenvalue weighted by atomic mass is 16.2. The zero-order chi connectivity index (χ0) is 13.8. The summed E-state index contributed by atoms with van der Waals surface area (Å²) in [6.07, 6.45) is 3.35. The molecule has 0 radical (unpaired) electrons. The van der Waals surface area contributed by atoms with Crippen LogP contribution < -0.4 is 10.2 Å². The maximum Gasteiger partial charge on any atom is 0.258 e. The van der Waals surface area contributed by atoms with Gasteiger partial charge in [0.15, 0.2) is 0 Å². The van der Waals surface area contributed by atoms with Gasteiger partial charge in [0, 0.05) is 43.4 Å². The van der Waals surface area contributed by atoms with Gasteiger partial charge >= 0.3 is 0 Å². The molecule has 0 aliphatic carbocycles. The van der Waals surface area contributed by atoms with E-state index in [0.717, 1.165) is 16.9 Å². The van der Waals surface area contributed by atoms with Gasteiger partial charge in [-0.1, -0.05) is 0 Å². The normalized spacial score (nSPS) is 10.1. The third-order valence-electron chi connectivity index (χ3n) is 3.10. The van der Waals surface area contributed by atoms with E-state index >= 15 is 0 Å². The fourth-order valence-electron chi connectivity index (χ4n) is 1.92. The molecule has 1 heterocycles. The second-order valence-corrected chi connectivity index (χ2v) is 4.35. The van der Waals surface area contributed by atoms with Crippen LogP contribution in [0.25, 0.3) is 0 Å². The Morgan fingerprint density at radius 2 is 1.89 bits per heavy atom. The van der Waals surface area contributed by atoms with E-state index in [1.807, 2.05) is 44.3 Å². The summed E-state index contributed by atoms with van der Waals surface area (Å²) in [6.45, 7) is 1.94. The van der Waals surface area contributed by atoms with Crippen LogP contribution in [0.2, 0.25) is 0 Å². The fourth-order valence-corrected chi connectivity index (χ4v) is 1.92. The van der Waals surface area contributed by atoms with Crippen LogP contribution in [0.4, 0.5) is 11.4 Å². The highest BCUT2D eigenvalue weighted by Crippen LogP contribution is 2.19. The number of pyridine rings is 1. The molecule has 0 aliphatic rings. The molecule has 1 aromatic heterocycles. The number of hydrogen-bond donors (Lipinski definition) is 1. The van der Waals surface area contributed by atoms with Gasteiger partial charge in [-0.2, -0.15) is 0 Å². The van der Waals surface area contributed by atoms with E-state index in [1.54, 1.807) is 24.3 Å². The zero-order valence-corrected chi connectivity index (χ0v) is 11.3. The molecule has 0 spiro atoms. The van der Waals surface area contributed by atoms with Crippen molar-refractivity contribution >= 4 is 17.3 Å². The van der Waals surface area contributed by atoms with Crippen molar-refractivity contribution in [2.75, 3.05) is 24.3 Å². The SMILES string of the molecule is CNc1ccc(C(=O)N(C)c2ccncc2)c(C)c1. The van der Waals surface area contributed by atoms with Crippen LogP contribution in [0.15, 0.2) is 42.7 Å². The van der Waals surface area contributed by atoms with Crippen molar-refractivity contribution < 1.29 is 4.79 Å². The number of nitrogens with zero attached hydrogens (tertiary/aromatic N) is 2. The van der Waals surface area contributed by atoms with Gasteiger partial charge in [0.25, 0.3) is 5.91 Å². The third kappa shape index (κ3) is 2.73. The average Bonchev–Trinajstić information content (AvgIpc) is 2.46. The summed E-state index contributed by atoms with van der Waals surface area (Å²) < 4.78 is 0. The second-order valence-electron chi connectivity index (χ2n) is 4.35. The molecule has 0 fully saturated rings. The molecule has 0 aliphatic heterocycles. The Morgan fingerprint density at radius 3 is 2.47 bits per heavy atom. The molecule has 1 amide bonds. The van der Waals surface area contributed by atoms with Crippen LogP contribution in [0.3, 0.4) is 0 Å². The number of anilines is 2. The van der Waals surface area contributed by atoms with E-state index in [9.17, 15) is 4.79 Å². The molecule has 19 heavy (non-hydrogen) atoms. The summed E-state index contributed by atoms with van der Waals surface area (Å²) >= 11 is 0. The smallest absolute Gasteiger partial charge is 0.258 e. The summed E-state index contributed by atoms with van der Waals surface area (Å²) in [4.78, 5) is 18.0. The number of carbonyl (C=O) groups is 1. The van der Waals surface area contributed by atoms with E-state index < -0.39 is 0 Å². The van der Waals surface area contributed by atoms with Gasteiger partial charge in [-0.25, -0.2) is 0 Å². The number of carbonyl (C=O) groups excluding carboxylic acids is 1. The topological polar surface area (TPSA) is 45.2 Å². The Kier molecular flexibility index (Phi) is 3.80. The number of hydrogen-bond acceptors (Lipinski definition) is 3. The molecule has 4 heteroatoms. The summed E-state index contributed by atoms with van der Waals surface area (Å²) in [6, 6.07) is 9.35. The highest BCUT2D eigenvalue weighted by molar-refractivity contribution is 6.06. The standard InChI is InChI=1S/C15H17N3O/c1-11-10-12(16-2)4-5-14(11)15(19)18(3)13-6-8-17-9-7-13/h4-10,16H,1-3H3. The van der Waals surface area contributed by atoms with Crippen LogP contribution in [-0.2, 0) is 0 Å². The first kappa shape index (κ1) is 13.1. The molecule has 2 aromatic rings. The quantitative estimate of drug-likeness (QED) is 0.917. The highest BCUT2D eigenvalue weighted by Gasteiger charge is 2.15. The largest absolute Gasteiger partial charge is 0.388 e. The van der Waals surface area contributed by atoms with Crippen molar-refractivity contribution in [3.8, 4) is 0 Å². The van der Waals surface area contributed by atoms with Crippen LogP contribution in [0, 0.1) is 6.92 Å². The lowest BCUT2D eigenvalue weighted by atomic mass is 10.1. The maximum atomic E-state index is 12.5. The number of nitrogens with one attached hydrogen (secondary N) is 1. The molecule has 2 rings (SSSR count). The van der Waals surface area contributed by atoms with Gasteiger partial charge in [-0.15, -0.1) is 0 Å². The van der Waals surface area contributed by atoms with Gasteiger partial charge in [-0.05, 0) is 42.8 Å². The average molecular weight is 255 g/mol. The minimum atomic E-state index is -0.0219. The summed E-state index contributed by atoms with van der Waals surface area (Å²) in [5, 5.41) is 3.06. The molecule has 0 saturated heterocycles. The maximum absolute atomic E-state index is 12.5. The number of amides is 1. The minimum absolute atomic E-state index is 0.0219. The van der Waals surface area contributed by atoms with Gasteiger partial charge in [0.1, 0.15) is 0 Å². The van der Waals surface area contributed by atoms with Crippen molar-refractivity contribution in [2.24, 2.45) is 0 Å². The Morgan fingerprint density at radius 1 is 1.21 bits per heavy atom. The van der Waals surface area contributed by atoms with Gasteiger partial charge in [0.2, 0.25) is 0 Å².